The Morgan fingerprint density at radius 2 is 1.91 bits per heavy atom. The topological polar surface area (TPSA) is 52.5 Å². The number of piperidine rings is 1. The van der Waals surface area contributed by atoms with Gasteiger partial charge in [-0.1, -0.05) is 0 Å². The van der Waals surface area contributed by atoms with E-state index in [1.807, 2.05) is 0 Å². The molecule has 0 aliphatic carbocycles. The summed E-state index contributed by atoms with van der Waals surface area (Å²) >= 11 is 0. The summed E-state index contributed by atoms with van der Waals surface area (Å²) in [6.07, 6.45) is -0.0383. The van der Waals surface area contributed by atoms with Crippen LogP contribution in [0.4, 0.5) is 18.9 Å². The number of alkyl halides is 3. The predicted octanol–water partition coefficient (Wildman–Crippen LogP) is 1.78. The van der Waals surface area contributed by atoms with Crippen molar-refractivity contribution in [3.63, 3.8) is 0 Å². The SMILES string of the molecule is OC1CCN(CC2CCN(c3cncnc3C(F)(F)F)C2)CC1. The van der Waals surface area contributed by atoms with Crippen LogP contribution in [0.1, 0.15) is 25.0 Å². The van der Waals surface area contributed by atoms with Crippen LogP contribution in [0.15, 0.2) is 12.5 Å². The summed E-state index contributed by atoms with van der Waals surface area (Å²) in [5, 5.41) is 9.53. The van der Waals surface area contributed by atoms with E-state index in [0.29, 0.717) is 19.0 Å². The molecule has 1 aromatic heterocycles. The van der Waals surface area contributed by atoms with E-state index in [9.17, 15) is 18.3 Å². The largest absolute Gasteiger partial charge is 0.435 e. The number of rotatable bonds is 3. The van der Waals surface area contributed by atoms with Gasteiger partial charge in [0.1, 0.15) is 6.33 Å². The molecule has 2 saturated heterocycles. The Morgan fingerprint density at radius 1 is 1.17 bits per heavy atom. The molecule has 0 radical (unpaired) electrons. The van der Waals surface area contributed by atoms with Crippen molar-refractivity contribution in [2.45, 2.75) is 31.5 Å². The Balaban J connectivity index is 1.62. The number of anilines is 1. The summed E-state index contributed by atoms with van der Waals surface area (Å²) in [6.45, 7) is 3.78. The fourth-order valence-electron chi connectivity index (χ4n) is 3.44. The van der Waals surface area contributed by atoms with Crippen molar-refractivity contribution < 1.29 is 18.3 Å². The first-order valence-corrected chi connectivity index (χ1v) is 7.96. The van der Waals surface area contributed by atoms with Crippen LogP contribution in [0.5, 0.6) is 0 Å². The molecule has 2 fully saturated rings. The fraction of sp³-hybridized carbons (Fsp3) is 0.733. The molecule has 0 aromatic carbocycles. The van der Waals surface area contributed by atoms with E-state index in [4.69, 9.17) is 0 Å². The van der Waals surface area contributed by atoms with Crippen molar-refractivity contribution in [2.24, 2.45) is 5.92 Å². The third-order valence-corrected chi connectivity index (χ3v) is 4.66. The number of likely N-dealkylation sites (tertiary alicyclic amines) is 1. The van der Waals surface area contributed by atoms with Crippen molar-refractivity contribution in [1.82, 2.24) is 14.9 Å². The highest BCUT2D eigenvalue weighted by atomic mass is 19.4. The van der Waals surface area contributed by atoms with E-state index in [-0.39, 0.29) is 11.8 Å². The quantitative estimate of drug-likeness (QED) is 0.916. The van der Waals surface area contributed by atoms with Gasteiger partial charge in [0.2, 0.25) is 0 Å². The van der Waals surface area contributed by atoms with Crippen LogP contribution >= 0.6 is 0 Å². The predicted molar refractivity (Wildman–Crippen MR) is 79.0 cm³/mol. The van der Waals surface area contributed by atoms with E-state index in [2.05, 4.69) is 14.9 Å². The van der Waals surface area contributed by atoms with Crippen LogP contribution in [0.2, 0.25) is 0 Å². The molecule has 2 aliphatic heterocycles. The van der Waals surface area contributed by atoms with E-state index in [1.165, 1.54) is 6.20 Å². The molecule has 1 N–H and O–H groups in total. The highest BCUT2D eigenvalue weighted by Crippen LogP contribution is 2.36. The van der Waals surface area contributed by atoms with E-state index >= 15 is 0 Å². The Bertz CT molecular complexity index is 532. The minimum Gasteiger partial charge on any atom is -0.393 e. The monoisotopic (exact) mass is 330 g/mol. The Labute approximate surface area is 133 Å². The minimum absolute atomic E-state index is 0.0802. The van der Waals surface area contributed by atoms with Crippen molar-refractivity contribution >= 4 is 5.69 Å². The van der Waals surface area contributed by atoms with Crippen molar-refractivity contribution in [1.29, 1.82) is 0 Å². The average Bonchev–Trinajstić information content (AvgIpc) is 2.97. The lowest BCUT2D eigenvalue weighted by molar-refractivity contribution is -0.140. The number of hydrogen-bond acceptors (Lipinski definition) is 5. The molecule has 0 amide bonds. The molecular formula is C15H21F3N4O. The second-order valence-electron chi connectivity index (χ2n) is 6.39. The molecule has 23 heavy (non-hydrogen) atoms. The molecule has 1 unspecified atom stereocenters. The maximum atomic E-state index is 13.1. The first kappa shape index (κ1) is 16.4. The number of nitrogens with zero attached hydrogens (tertiary/aromatic N) is 4. The van der Waals surface area contributed by atoms with Crippen molar-refractivity contribution in [3.05, 3.63) is 18.2 Å². The Morgan fingerprint density at radius 3 is 2.61 bits per heavy atom. The summed E-state index contributed by atoms with van der Waals surface area (Å²) < 4.78 is 39.2. The third-order valence-electron chi connectivity index (χ3n) is 4.66. The second-order valence-corrected chi connectivity index (χ2v) is 6.39. The molecule has 0 bridgehead atoms. The Hall–Kier alpha value is -1.41. The molecule has 2 aliphatic rings. The highest BCUT2D eigenvalue weighted by molar-refractivity contribution is 5.50. The van der Waals surface area contributed by atoms with Gasteiger partial charge >= 0.3 is 6.18 Å². The normalized spacial score (nSPS) is 24.3. The molecular weight excluding hydrogens is 309 g/mol. The smallest absolute Gasteiger partial charge is 0.393 e. The van der Waals surface area contributed by atoms with Gasteiger partial charge in [-0.3, -0.25) is 0 Å². The average molecular weight is 330 g/mol. The van der Waals surface area contributed by atoms with Gasteiger partial charge in [0, 0.05) is 32.7 Å². The second kappa shape index (κ2) is 6.60. The van der Waals surface area contributed by atoms with Gasteiger partial charge in [-0.25, -0.2) is 9.97 Å². The van der Waals surface area contributed by atoms with Crippen LogP contribution < -0.4 is 4.90 Å². The van der Waals surface area contributed by atoms with Crippen molar-refractivity contribution in [3.8, 4) is 0 Å². The number of aliphatic hydroxyl groups is 1. The Kier molecular flexibility index (Phi) is 4.72. The third kappa shape index (κ3) is 3.92. The van der Waals surface area contributed by atoms with Crippen LogP contribution in [-0.4, -0.2) is 58.8 Å². The van der Waals surface area contributed by atoms with E-state index in [0.717, 1.165) is 45.2 Å². The first-order chi connectivity index (χ1) is 10.9. The van der Waals surface area contributed by atoms with Gasteiger partial charge in [0.25, 0.3) is 0 Å². The lowest BCUT2D eigenvalue weighted by Gasteiger charge is -2.31. The van der Waals surface area contributed by atoms with E-state index in [1.54, 1.807) is 4.90 Å². The number of aromatic nitrogens is 2. The minimum atomic E-state index is -4.46. The molecule has 3 rings (SSSR count). The van der Waals surface area contributed by atoms with Crippen LogP contribution in [-0.2, 0) is 6.18 Å². The fourth-order valence-corrected chi connectivity index (χ4v) is 3.44. The molecule has 3 heterocycles. The molecule has 1 atom stereocenters. The van der Waals surface area contributed by atoms with Gasteiger partial charge in [-0.05, 0) is 25.2 Å². The molecule has 8 heteroatoms. The first-order valence-electron chi connectivity index (χ1n) is 7.96. The zero-order chi connectivity index (χ0) is 16.4. The molecule has 0 spiro atoms. The van der Waals surface area contributed by atoms with E-state index < -0.39 is 11.9 Å². The number of aliphatic hydroxyl groups excluding tert-OH is 1. The van der Waals surface area contributed by atoms with Gasteiger partial charge in [0.15, 0.2) is 5.69 Å². The summed E-state index contributed by atoms with van der Waals surface area (Å²) in [5.74, 6) is 0.339. The highest BCUT2D eigenvalue weighted by Gasteiger charge is 2.38. The summed E-state index contributed by atoms with van der Waals surface area (Å²) in [5.41, 5.74) is -0.772. The molecule has 0 saturated carbocycles. The lowest BCUT2D eigenvalue weighted by Crippen LogP contribution is -2.39. The van der Waals surface area contributed by atoms with Crippen LogP contribution in [0.25, 0.3) is 0 Å². The number of hydrogen-bond donors (Lipinski definition) is 1. The summed E-state index contributed by atoms with van der Waals surface area (Å²) in [4.78, 5) is 11.2. The lowest BCUT2D eigenvalue weighted by atomic mass is 10.0. The van der Waals surface area contributed by atoms with Gasteiger partial charge in [0.05, 0.1) is 18.0 Å². The zero-order valence-corrected chi connectivity index (χ0v) is 12.8. The van der Waals surface area contributed by atoms with Crippen LogP contribution in [0, 0.1) is 5.92 Å². The van der Waals surface area contributed by atoms with Gasteiger partial charge in [-0.2, -0.15) is 13.2 Å². The zero-order valence-electron chi connectivity index (χ0n) is 12.8. The van der Waals surface area contributed by atoms with Crippen molar-refractivity contribution in [2.75, 3.05) is 37.6 Å². The number of halogens is 3. The standard InChI is InChI=1S/C15H21F3N4O/c16-15(17,18)14-13(7-19-10-20-14)22-6-1-11(9-22)8-21-4-2-12(23)3-5-21/h7,10-12,23H,1-6,8-9H2. The van der Waals surface area contributed by atoms with Gasteiger partial charge in [-0.15, -0.1) is 0 Å². The molecule has 5 nitrogen and oxygen atoms in total. The molecule has 1 aromatic rings. The van der Waals surface area contributed by atoms with Crippen LogP contribution in [0.3, 0.4) is 0 Å². The maximum absolute atomic E-state index is 13.1. The summed E-state index contributed by atoms with van der Waals surface area (Å²) in [7, 11) is 0. The summed E-state index contributed by atoms with van der Waals surface area (Å²) in [6, 6.07) is 0. The molecule has 128 valence electrons. The maximum Gasteiger partial charge on any atom is 0.435 e. The van der Waals surface area contributed by atoms with Gasteiger partial charge < -0.3 is 14.9 Å².